The molecule has 2 aliphatic heterocycles. The molecule has 1 N–H and O–H groups in total. The average molecular weight is 526 g/mol. The van der Waals surface area contributed by atoms with Crippen molar-refractivity contribution in [1.82, 2.24) is 5.32 Å². The Balaban J connectivity index is 1.19. The van der Waals surface area contributed by atoms with E-state index < -0.39 is 23.7 Å². The number of allylic oxidation sites excluding steroid dienone is 1. The predicted octanol–water partition coefficient (Wildman–Crippen LogP) is 5.26. The van der Waals surface area contributed by atoms with E-state index in [-0.39, 0.29) is 29.5 Å². The molecule has 2 heterocycles. The molecule has 2 amide bonds. The van der Waals surface area contributed by atoms with Gasteiger partial charge in [0.05, 0.1) is 24.4 Å². The van der Waals surface area contributed by atoms with Gasteiger partial charge in [0.1, 0.15) is 23.4 Å². The molecule has 1 spiro atoms. The van der Waals surface area contributed by atoms with Crippen molar-refractivity contribution in [3.8, 4) is 0 Å². The van der Waals surface area contributed by atoms with Crippen molar-refractivity contribution in [1.29, 1.82) is 0 Å². The van der Waals surface area contributed by atoms with Crippen molar-refractivity contribution in [3.63, 3.8) is 0 Å². The molecule has 6 atom stereocenters. The second kappa shape index (κ2) is 10.4. The molecule has 2 saturated heterocycles. The van der Waals surface area contributed by atoms with Crippen LogP contribution in [0.25, 0.3) is 10.8 Å². The molecule has 0 bridgehead atoms. The van der Waals surface area contributed by atoms with Gasteiger partial charge in [-0.15, -0.1) is 11.8 Å². The van der Waals surface area contributed by atoms with Gasteiger partial charge < -0.3 is 18.9 Å². The molecular weight excluding hydrogens is 490 g/mol. The molecule has 1 saturated carbocycles. The van der Waals surface area contributed by atoms with Crippen LogP contribution in [0.1, 0.15) is 40.0 Å². The molecule has 2 aromatic rings. The fraction of sp³-hybridized carbons (Fsp3) is 0.517. The van der Waals surface area contributed by atoms with Crippen LogP contribution in [0.4, 0.5) is 4.79 Å². The Morgan fingerprint density at radius 3 is 2.68 bits per heavy atom. The third-order valence-corrected chi connectivity index (χ3v) is 8.92. The Hall–Kier alpha value is -2.39. The second-order valence-electron chi connectivity index (χ2n) is 10.6. The summed E-state index contributed by atoms with van der Waals surface area (Å²) in [5.74, 6) is -0.353. The first-order valence-electron chi connectivity index (χ1n) is 12.8. The Kier molecular flexibility index (Phi) is 7.38. The molecule has 1 aliphatic carbocycles. The molecule has 2 aromatic carbocycles. The van der Waals surface area contributed by atoms with E-state index in [1.165, 1.54) is 17.3 Å². The highest BCUT2D eigenvalue weighted by molar-refractivity contribution is 8.00. The number of methoxy groups -OCH3 is 1. The molecule has 7 nitrogen and oxygen atoms in total. The zero-order valence-electron chi connectivity index (χ0n) is 21.8. The SMILES string of the molecule is COC1C(OC(=O)NC(=O)CSc2cccc3ccccc23)CCC2(CO2)C1C1(C)OC1CC=C(C)C. The second-order valence-corrected chi connectivity index (χ2v) is 11.7. The topological polar surface area (TPSA) is 89.7 Å². The van der Waals surface area contributed by atoms with E-state index in [4.69, 9.17) is 18.9 Å². The normalized spacial score (nSPS) is 32.1. The van der Waals surface area contributed by atoms with Gasteiger partial charge in [-0.05, 0) is 56.9 Å². The number of amides is 2. The minimum atomic E-state index is -0.745. The van der Waals surface area contributed by atoms with Crippen molar-refractivity contribution in [2.45, 2.75) is 74.4 Å². The van der Waals surface area contributed by atoms with Gasteiger partial charge in [-0.25, -0.2) is 4.79 Å². The standard InChI is InChI=1S/C29H35NO6S/c1-18(2)12-13-23-28(3,36-23)26-25(33-4)21(14-15-29(26)17-34-29)35-27(32)30-24(31)16-37-22-11-7-9-19-8-5-6-10-20(19)22/h5-12,21,23,25-26H,13-17H2,1-4H3,(H,30,31,32). The summed E-state index contributed by atoms with van der Waals surface area (Å²) in [4.78, 5) is 26.3. The summed E-state index contributed by atoms with van der Waals surface area (Å²) < 4.78 is 23.8. The number of thioether (sulfide) groups is 1. The smallest absolute Gasteiger partial charge is 0.414 e. The average Bonchev–Trinajstić information content (AvgIpc) is 3.79. The van der Waals surface area contributed by atoms with Crippen molar-refractivity contribution in [2.24, 2.45) is 5.92 Å². The molecule has 0 aromatic heterocycles. The van der Waals surface area contributed by atoms with E-state index in [0.29, 0.717) is 13.0 Å². The number of hydrogen-bond donors (Lipinski definition) is 1. The Morgan fingerprint density at radius 1 is 1.19 bits per heavy atom. The van der Waals surface area contributed by atoms with E-state index in [1.54, 1.807) is 7.11 Å². The number of benzene rings is 2. The van der Waals surface area contributed by atoms with Crippen molar-refractivity contribution in [2.75, 3.05) is 19.5 Å². The predicted molar refractivity (Wildman–Crippen MR) is 143 cm³/mol. The molecule has 0 radical (unpaired) electrons. The van der Waals surface area contributed by atoms with Gasteiger partial charge in [0.15, 0.2) is 0 Å². The number of ether oxygens (including phenoxy) is 4. The first-order valence-corrected chi connectivity index (χ1v) is 13.8. The summed E-state index contributed by atoms with van der Waals surface area (Å²) in [5.41, 5.74) is 0.548. The highest BCUT2D eigenvalue weighted by Gasteiger charge is 2.72. The fourth-order valence-corrected chi connectivity index (χ4v) is 6.73. The van der Waals surface area contributed by atoms with Gasteiger partial charge in [-0.1, -0.05) is 48.0 Å². The molecular formula is C29H35NO6S. The number of carbonyl (C=O) groups excluding carboxylic acids is 2. The number of rotatable bonds is 8. The monoisotopic (exact) mass is 525 g/mol. The molecule has 6 unspecified atom stereocenters. The first kappa shape index (κ1) is 26.2. The van der Waals surface area contributed by atoms with Crippen LogP contribution in [0, 0.1) is 5.92 Å². The van der Waals surface area contributed by atoms with Crippen molar-refractivity contribution in [3.05, 3.63) is 54.1 Å². The maximum atomic E-state index is 12.7. The molecule has 3 fully saturated rings. The molecule has 8 heteroatoms. The Bertz CT molecular complexity index is 1200. The van der Waals surface area contributed by atoms with Crippen LogP contribution < -0.4 is 5.32 Å². The van der Waals surface area contributed by atoms with Gasteiger partial charge in [0, 0.05) is 12.0 Å². The maximum absolute atomic E-state index is 12.7. The third-order valence-electron chi connectivity index (χ3n) is 7.85. The molecule has 37 heavy (non-hydrogen) atoms. The van der Waals surface area contributed by atoms with Gasteiger partial charge in [0.2, 0.25) is 5.91 Å². The van der Waals surface area contributed by atoms with Gasteiger partial charge in [-0.3, -0.25) is 10.1 Å². The van der Waals surface area contributed by atoms with Crippen molar-refractivity contribution >= 4 is 34.5 Å². The minimum Gasteiger partial charge on any atom is -0.443 e. The Morgan fingerprint density at radius 2 is 1.95 bits per heavy atom. The molecule has 198 valence electrons. The van der Waals surface area contributed by atoms with E-state index in [0.717, 1.165) is 28.5 Å². The van der Waals surface area contributed by atoms with Crippen molar-refractivity contribution < 1.29 is 28.5 Å². The maximum Gasteiger partial charge on any atom is 0.414 e. The van der Waals surface area contributed by atoms with Gasteiger partial charge >= 0.3 is 6.09 Å². The van der Waals surface area contributed by atoms with E-state index in [1.807, 2.05) is 42.5 Å². The highest BCUT2D eigenvalue weighted by Crippen LogP contribution is 2.59. The number of imide groups is 1. The quantitative estimate of drug-likeness (QED) is 0.286. The minimum absolute atomic E-state index is 0.0651. The number of fused-ring (bicyclic) bond motifs is 1. The number of hydrogen-bond acceptors (Lipinski definition) is 7. The summed E-state index contributed by atoms with van der Waals surface area (Å²) in [6.07, 6.45) is 2.83. The summed E-state index contributed by atoms with van der Waals surface area (Å²) in [5, 5.41) is 4.58. The lowest BCUT2D eigenvalue weighted by molar-refractivity contribution is -0.124. The number of alkyl carbamates (subject to hydrolysis) is 1. The zero-order chi connectivity index (χ0) is 26.2. The van der Waals surface area contributed by atoms with Crippen LogP contribution in [0.5, 0.6) is 0 Å². The fourth-order valence-electron chi connectivity index (χ4n) is 5.85. The van der Waals surface area contributed by atoms with Crippen LogP contribution in [-0.2, 0) is 23.7 Å². The van der Waals surface area contributed by atoms with E-state index in [2.05, 4.69) is 32.2 Å². The lowest BCUT2D eigenvalue weighted by Crippen LogP contribution is -2.56. The molecule has 3 aliphatic rings. The van der Waals surface area contributed by atoms with Crippen LogP contribution in [0.3, 0.4) is 0 Å². The highest BCUT2D eigenvalue weighted by atomic mass is 32.2. The van der Waals surface area contributed by atoms with E-state index in [9.17, 15) is 9.59 Å². The van der Waals surface area contributed by atoms with Crippen LogP contribution in [0.2, 0.25) is 0 Å². The summed E-state index contributed by atoms with van der Waals surface area (Å²) in [6.45, 7) is 6.92. The van der Waals surface area contributed by atoms with Crippen LogP contribution in [-0.4, -0.2) is 61.0 Å². The lowest BCUT2D eigenvalue weighted by Gasteiger charge is -2.42. The van der Waals surface area contributed by atoms with Crippen LogP contribution >= 0.6 is 11.8 Å². The van der Waals surface area contributed by atoms with Crippen LogP contribution in [0.15, 0.2) is 59.0 Å². The van der Waals surface area contributed by atoms with Gasteiger partial charge in [0.25, 0.3) is 0 Å². The first-order chi connectivity index (χ1) is 17.8. The number of nitrogens with one attached hydrogen (secondary N) is 1. The summed E-state index contributed by atoms with van der Waals surface area (Å²) >= 11 is 1.40. The zero-order valence-corrected chi connectivity index (χ0v) is 22.6. The largest absolute Gasteiger partial charge is 0.443 e. The number of carbonyl (C=O) groups is 2. The molecule has 5 rings (SSSR count). The Labute approximate surface area is 222 Å². The third kappa shape index (κ3) is 5.43. The summed E-state index contributed by atoms with van der Waals surface area (Å²) in [7, 11) is 1.64. The van der Waals surface area contributed by atoms with E-state index >= 15 is 0 Å². The van der Waals surface area contributed by atoms with Gasteiger partial charge in [-0.2, -0.15) is 0 Å². The number of epoxide rings is 2. The summed E-state index contributed by atoms with van der Waals surface area (Å²) in [6, 6.07) is 14.0. The lowest BCUT2D eigenvalue weighted by atomic mass is 9.68.